The molecular weight excluding hydrogens is 476 g/mol. The van der Waals surface area contributed by atoms with Crippen molar-refractivity contribution in [2.75, 3.05) is 13.7 Å². The number of fused-ring (bicyclic) bond motifs is 1. The van der Waals surface area contributed by atoms with Crippen LogP contribution in [0.15, 0.2) is 48.7 Å². The summed E-state index contributed by atoms with van der Waals surface area (Å²) in [6, 6.07) is 9.17. The molecule has 1 saturated heterocycles. The van der Waals surface area contributed by atoms with E-state index < -0.39 is 72.8 Å². The summed E-state index contributed by atoms with van der Waals surface area (Å²) in [5.74, 6) is -1.71. The fraction of sp³-hybridized carbons (Fsp3) is 0.560. The van der Waals surface area contributed by atoms with Crippen molar-refractivity contribution in [1.82, 2.24) is 0 Å². The fourth-order valence-electron chi connectivity index (χ4n) is 5.16. The van der Waals surface area contributed by atoms with E-state index >= 15 is 0 Å². The van der Waals surface area contributed by atoms with Crippen LogP contribution in [0, 0.1) is 5.92 Å². The molecule has 0 radical (unpaired) electrons. The molecular formula is C25H32O11. The summed E-state index contributed by atoms with van der Waals surface area (Å²) < 4.78 is 28.2. The van der Waals surface area contributed by atoms with Crippen LogP contribution in [-0.2, 0) is 28.5 Å². The van der Waals surface area contributed by atoms with E-state index in [2.05, 4.69) is 0 Å². The summed E-state index contributed by atoms with van der Waals surface area (Å²) in [6.45, 7) is 0.973. The lowest BCUT2D eigenvalue weighted by atomic mass is 9.81. The highest BCUT2D eigenvalue weighted by Gasteiger charge is 2.67. The Morgan fingerprint density at radius 2 is 1.86 bits per heavy atom. The quantitative estimate of drug-likeness (QED) is 0.237. The molecule has 5 N–H and O–H groups in total. The van der Waals surface area contributed by atoms with Crippen molar-refractivity contribution < 1.29 is 54.0 Å². The summed E-state index contributed by atoms with van der Waals surface area (Å²) in [7, 11) is 1.42. The average molecular weight is 509 g/mol. The van der Waals surface area contributed by atoms with Crippen LogP contribution in [0.1, 0.15) is 18.9 Å². The molecule has 1 aromatic rings. The smallest absolute Gasteiger partial charge is 0.331 e. The Balaban J connectivity index is 1.58. The second-order valence-electron chi connectivity index (χ2n) is 9.41. The standard InChI is InChI=1S/C25H32O11/c1-24(36-17(27)9-8-14-6-4-3-5-7-14)12-16(32-2)25(31)10-11-33-23(21(24)25)35-22-20(30)19(29)18(28)15(13-26)34-22/h3-11,15-16,18-23,26,28-31H,12-13H2,1-2H3. The number of carbonyl (C=O) groups excluding carboxylic acids is 1. The molecule has 10 atom stereocenters. The Morgan fingerprint density at radius 3 is 2.53 bits per heavy atom. The van der Waals surface area contributed by atoms with Gasteiger partial charge >= 0.3 is 5.97 Å². The molecule has 2 fully saturated rings. The third-order valence-electron chi connectivity index (χ3n) is 7.03. The Hall–Kier alpha value is -2.35. The molecule has 198 valence electrons. The number of rotatable bonds is 7. The van der Waals surface area contributed by atoms with E-state index in [0.29, 0.717) is 0 Å². The van der Waals surface area contributed by atoms with Gasteiger partial charge in [0, 0.05) is 19.6 Å². The molecule has 2 heterocycles. The summed E-state index contributed by atoms with van der Waals surface area (Å²) in [5.41, 5.74) is -2.23. The van der Waals surface area contributed by atoms with Gasteiger partial charge < -0.3 is 49.2 Å². The van der Waals surface area contributed by atoms with Gasteiger partial charge in [-0.15, -0.1) is 0 Å². The van der Waals surface area contributed by atoms with E-state index in [-0.39, 0.29) is 6.42 Å². The third kappa shape index (κ3) is 4.93. The molecule has 2 aliphatic heterocycles. The van der Waals surface area contributed by atoms with Crippen LogP contribution >= 0.6 is 0 Å². The molecule has 1 aliphatic carbocycles. The summed E-state index contributed by atoms with van der Waals surface area (Å²) in [5, 5.41) is 51.6. The molecule has 1 aromatic carbocycles. The molecule has 3 aliphatic rings. The number of benzene rings is 1. The number of aliphatic hydroxyl groups is 5. The van der Waals surface area contributed by atoms with Crippen LogP contribution in [-0.4, -0.2) is 99.5 Å². The first kappa shape index (κ1) is 26.7. The number of esters is 1. The maximum atomic E-state index is 12.8. The number of methoxy groups -OCH3 is 1. The van der Waals surface area contributed by atoms with E-state index in [1.54, 1.807) is 13.0 Å². The number of ether oxygens (including phenoxy) is 5. The zero-order chi connectivity index (χ0) is 26.1. The SMILES string of the molecule is COC1CC(C)(OC(=O)C=Cc2ccccc2)C2C(OC3OC(CO)C(O)C(O)C3O)OC=CC12O. The van der Waals surface area contributed by atoms with Gasteiger partial charge in [-0.2, -0.15) is 0 Å². The van der Waals surface area contributed by atoms with E-state index in [1.807, 2.05) is 30.3 Å². The Labute approximate surface area is 208 Å². The van der Waals surface area contributed by atoms with Crippen LogP contribution in [0.2, 0.25) is 0 Å². The second kappa shape index (κ2) is 10.6. The summed E-state index contributed by atoms with van der Waals surface area (Å²) in [6.07, 6.45) is -4.20. The number of carbonyl (C=O) groups is 1. The first-order chi connectivity index (χ1) is 17.1. The molecule has 4 rings (SSSR count). The molecule has 11 nitrogen and oxygen atoms in total. The number of aliphatic hydroxyl groups excluding tert-OH is 4. The monoisotopic (exact) mass is 508 g/mol. The Kier molecular flexibility index (Phi) is 7.83. The predicted octanol–water partition coefficient (Wildman–Crippen LogP) is -0.546. The summed E-state index contributed by atoms with van der Waals surface area (Å²) >= 11 is 0. The minimum Gasteiger partial charge on any atom is -0.472 e. The minimum absolute atomic E-state index is 0.0951. The summed E-state index contributed by atoms with van der Waals surface area (Å²) in [4.78, 5) is 12.8. The van der Waals surface area contributed by atoms with Crippen molar-refractivity contribution in [1.29, 1.82) is 0 Å². The van der Waals surface area contributed by atoms with E-state index in [0.717, 1.165) is 5.56 Å². The lowest BCUT2D eigenvalue weighted by molar-refractivity contribution is -0.351. The minimum atomic E-state index is -1.69. The van der Waals surface area contributed by atoms with Gasteiger partial charge in [0.2, 0.25) is 6.29 Å². The zero-order valence-corrected chi connectivity index (χ0v) is 19.9. The number of hydrogen-bond donors (Lipinski definition) is 5. The van der Waals surface area contributed by atoms with Crippen LogP contribution in [0.4, 0.5) is 0 Å². The molecule has 36 heavy (non-hydrogen) atoms. The van der Waals surface area contributed by atoms with Gasteiger partial charge in [-0.3, -0.25) is 0 Å². The van der Waals surface area contributed by atoms with Crippen LogP contribution in [0.3, 0.4) is 0 Å². The van der Waals surface area contributed by atoms with Crippen molar-refractivity contribution in [3.05, 3.63) is 54.3 Å². The highest BCUT2D eigenvalue weighted by molar-refractivity contribution is 5.87. The first-order valence-electron chi connectivity index (χ1n) is 11.6. The van der Waals surface area contributed by atoms with E-state index in [1.165, 1.54) is 25.5 Å². The lowest BCUT2D eigenvalue weighted by Crippen LogP contribution is -2.62. The van der Waals surface area contributed by atoms with Crippen molar-refractivity contribution >= 4 is 12.0 Å². The Bertz CT molecular complexity index is 966. The second-order valence-corrected chi connectivity index (χ2v) is 9.41. The fourth-order valence-corrected chi connectivity index (χ4v) is 5.16. The van der Waals surface area contributed by atoms with Crippen molar-refractivity contribution in [2.24, 2.45) is 5.92 Å². The third-order valence-corrected chi connectivity index (χ3v) is 7.03. The topological polar surface area (TPSA) is 164 Å². The maximum absolute atomic E-state index is 12.8. The van der Waals surface area contributed by atoms with Gasteiger partial charge in [0.05, 0.1) is 24.9 Å². The largest absolute Gasteiger partial charge is 0.472 e. The first-order valence-corrected chi connectivity index (χ1v) is 11.6. The van der Waals surface area contributed by atoms with Gasteiger partial charge in [0.1, 0.15) is 35.6 Å². The average Bonchev–Trinajstić information content (AvgIpc) is 3.10. The molecule has 11 heteroatoms. The van der Waals surface area contributed by atoms with Crippen molar-refractivity contribution in [2.45, 2.75) is 67.6 Å². The van der Waals surface area contributed by atoms with Crippen molar-refractivity contribution in [3.63, 3.8) is 0 Å². The van der Waals surface area contributed by atoms with Crippen LogP contribution in [0.25, 0.3) is 6.08 Å². The number of hydrogen-bond acceptors (Lipinski definition) is 11. The normalized spacial score (nSPS) is 42.2. The molecule has 0 bridgehead atoms. The van der Waals surface area contributed by atoms with E-state index in [9.17, 15) is 30.3 Å². The molecule has 0 spiro atoms. The van der Waals surface area contributed by atoms with Gasteiger partial charge in [-0.1, -0.05) is 30.3 Å². The van der Waals surface area contributed by atoms with Gasteiger partial charge in [0.15, 0.2) is 6.29 Å². The van der Waals surface area contributed by atoms with Gasteiger partial charge in [-0.25, -0.2) is 4.79 Å². The molecule has 0 amide bonds. The Morgan fingerprint density at radius 1 is 1.14 bits per heavy atom. The van der Waals surface area contributed by atoms with Gasteiger partial charge in [-0.05, 0) is 24.6 Å². The van der Waals surface area contributed by atoms with Crippen LogP contribution in [0.5, 0.6) is 0 Å². The highest BCUT2D eigenvalue weighted by Crippen LogP contribution is 2.52. The lowest BCUT2D eigenvalue weighted by Gasteiger charge is -2.46. The molecule has 1 saturated carbocycles. The predicted molar refractivity (Wildman–Crippen MR) is 123 cm³/mol. The highest BCUT2D eigenvalue weighted by atomic mass is 16.8. The molecule has 10 unspecified atom stereocenters. The zero-order valence-electron chi connectivity index (χ0n) is 19.9. The van der Waals surface area contributed by atoms with Gasteiger partial charge in [0.25, 0.3) is 0 Å². The maximum Gasteiger partial charge on any atom is 0.331 e. The van der Waals surface area contributed by atoms with E-state index in [4.69, 9.17) is 23.7 Å². The molecule has 0 aromatic heterocycles. The van der Waals surface area contributed by atoms with Crippen molar-refractivity contribution in [3.8, 4) is 0 Å². The van der Waals surface area contributed by atoms with Crippen LogP contribution < -0.4 is 0 Å².